The minimum absolute atomic E-state index is 0.440. The molecule has 4 rings (SSSR count). The number of fused-ring (bicyclic) bond motifs is 5. The first-order valence-electron chi connectivity index (χ1n) is 10.6. The Bertz CT molecular complexity index is 685. The summed E-state index contributed by atoms with van der Waals surface area (Å²) in [6, 6.07) is 6.15. The highest BCUT2D eigenvalue weighted by Gasteiger charge is 2.52. The lowest BCUT2D eigenvalue weighted by atomic mass is 9.55. The van der Waals surface area contributed by atoms with Gasteiger partial charge in [-0.3, -0.25) is 0 Å². The van der Waals surface area contributed by atoms with E-state index >= 15 is 0 Å². The predicted molar refractivity (Wildman–Crippen MR) is 105 cm³/mol. The minimum atomic E-state index is 0.440. The van der Waals surface area contributed by atoms with E-state index in [9.17, 15) is 5.11 Å². The molecule has 0 amide bonds. The molecule has 1 N–H and O–H groups in total. The molecule has 0 aliphatic heterocycles. The number of phenolic OH excluding ortho intramolecular Hbond substituents is 1. The summed E-state index contributed by atoms with van der Waals surface area (Å²) in [5, 5.41) is 9.84. The third kappa shape index (κ3) is 2.75. The molecule has 1 aromatic carbocycles. The van der Waals surface area contributed by atoms with E-state index in [1.807, 2.05) is 17.7 Å². The van der Waals surface area contributed by atoms with Gasteiger partial charge in [-0.1, -0.05) is 37.5 Å². The summed E-state index contributed by atoms with van der Waals surface area (Å²) in [6.45, 7) is 7.32. The Morgan fingerprint density at radius 1 is 1.20 bits per heavy atom. The van der Waals surface area contributed by atoms with Crippen LogP contribution in [0.25, 0.3) is 0 Å². The van der Waals surface area contributed by atoms with Crippen LogP contribution in [0.2, 0.25) is 0 Å². The fourth-order valence-electron chi connectivity index (χ4n) is 6.68. The second-order valence-corrected chi connectivity index (χ2v) is 9.16. The first-order valence-corrected chi connectivity index (χ1v) is 10.6. The van der Waals surface area contributed by atoms with Gasteiger partial charge in [0.25, 0.3) is 0 Å². The zero-order chi connectivity index (χ0) is 17.6. The molecule has 0 spiro atoms. The fourth-order valence-corrected chi connectivity index (χ4v) is 6.68. The Morgan fingerprint density at radius 2 is 2.04 bits per heavy atom. The molecule has 25 heavy (non-hydrogen) atoms. The van der Waals surface area contributed by atoms with E-state index in [1.54, 1.807) is 11.1 Å². The van der Waals surface area contributed by atoms with Gasteiger partial charge in [-0.25, -0.2) is 0 Å². The number of hydrogen-bond acceptors (Lipinski definition) is 1. The van der Waals surface area contributed by atoms with Crippen molar-refractivity contribution in [2.75, 3.05) is 0 Å². The lowest BCUT2D eigenvalue weighted by Gasteiger charge is -2.50. The summed E-state index contributed by atoms with van der Waals surface area (Å²) in [7, 11) is 0. The maximum Gasteiger partial charge on any atom is 0.115 e. The van der Waals surface area contributed by atoms with Crippen LogP contribution in [0.5, 0.6) is 5.75 Å². The molecule has 0 heterocycles. The average molecular weight is 339 g/mol. The molecule has 0 unspecified atom stereocenters. The first-order chi connectivity index (χ1) is 12.0. The fraction of sp³-hybridized carbons (Fsp3) is 0.667. The van der Waals surface area contributed by atoms with Crippen molar-refractivity contribution in [1.29, 1.82) is 0 Å². The number of aromatic hydroxyl groups is 1. The number of unbranched alkanes of at least 4 members (excludes halogenated alkanes) is 1. The molecular formula is C24H34O. The monoisotopic (exact) mass is 338 g/mol. The van der Waals surface area contributed by atoms with Crippen molar-refractivity contribution < 1.29 is 5.11 Å². The molecule has 4 atom stereocenters. The van der Waals surface area contributed by atoms with E-state index in [0.717, 1.165) is 24.2 Å². The summed E-state index contributed by atoms with van der Waals surface area (Å²) >= 11 is 0. The molecule has 1 aromatic rings. The Labute approximate surface area is 153 Å². The van der Waals surface area contributed by atoms with Crippen LogP contribution in [0.3, 0.4) is 0 Å². The molecule has 3 aliphatic rings. The van der Waals surface area contributed by atoms with Gasteiger partial charge in [-0.15, -0.1) is 0 Å². The van der Waals surface area contributed by atoms with Gasteiger partial charge in [-0.05, 0) is 105 Å². The minimum Gasteiger partial charge on any atom is -0.508 e. The number of benzene rings is 1. The van der Waals surface area contributed by atoms with E-state index in [-0.39, 0.29) is 0 Å². The summed E-state index contributed by atoms with van der Waals surface area (Å²) in [4.78, 5) is 0. The average Bonchev–Trinajstić information content (AvgIpc) is 2.96. The number of rotatable bonds is 3. The van der Waals surface area contributed by atoms with Crippen LogP contribution in [-0.4, -0.2) is 5.11 Å². The van der Waals surface area contributed by atoms with Crippen LogP contribution >= 0.6 is 0 Å². The molecule has 1 nitrogen and oxygen atoms in total. The van der Waals surface area contributed by atoms with Crippen molar-refractivity contribution in [3.63, 3.8) is 0 Å². The van der Waals surface area contributed by atoms with Gasteiger partial charge in [-0.2, -0.15) is 0 Å². The van der Waals surface area contributed by atoms with Gasteiger partial charge in [0.05, 0.1) is 0 Å². The lowest BCUT2D eigenvalue weighted by Crippen LogP contribution is -2.40. The van der Waals surface area contributed by atoms with Gasteiger partial charge in [0, 0.05) is 0 Å². The van der Waals surface area contributed by atoms with E-state index in [1.165, 1.54) is 56.9 Å². The van der Waals surface area contributed by atoms with Crippen molar-refractivity contribution >= 4 is 0 Å². The molecule has 3 aliphatic carbocycles. The largest absolute Gasteiger partial charge is 0.508 e. The number of hydrogen-bond donors (Lipinski definition) is 1. The second kappa shape index (κ2) is 6.49. The van der Waals surface area contributed by atoms with Gasteiger partial charge < -0.3 is 5.11 Å². The van der Waals surface area contributed by atoms with Crippen molar-refractivity contribution in [3.8, 4) is 5.75 Å². The molecule has 1 heteroatoms. The number of allylic oxidation sites excluding steroid dienone is 2. The van der Waals surface area contributed by atoms with Crippen molar-refractivity contribution in [1.82, 2.24) is 0 Å². The zero-order valence-electron chi connectivity index (χ0n) is 16.3. The maximum absolute atomic E-state index is 9.84. The molecular weight excluding hydrogens is 304 g/mol. The Morgan fingerprint density at radius 3 is 2.84 bits per heavy atom. The number of aryl methyl sites for hydroxylation is 1. The Hall–Kier alpha value is -1.24. The molecule has 136 valence electrons. The van der Waals surface area contributed by atoms with Gasteiger partial charge in [0.1, 0.15) is 5.75 Å². The van der Waals surface area contributed by atoms with E-state index in [4.69, 9.17) is 0 Å². The van der Waals surface area contributed by atoms with Crippen LogP contribution in [-0.2, 0) is 6.42 Å². The van der Waals surface area contributed by atoms with Gasteiger partial charge >= 0.3 is 0 Å². The summed E-state index contributed by atoms with van der Waals surface area (Å²) in [5.74, 6) is 2.90. The highest BCUT2D eigenvalue weighted by atomic mass is 16.3. The summed E-state index contributed by atoms with van der Waals surface area (Å²) in [6.07, 6.45) is 11.9. The standard InChI is InChI=1S/C24H34O/c1-4-5-6-16(2)22-11-12-23-21-9-7-17-15-18(25)8-10-19(17)20(21)13-14-24(22,23)3/h8,10,15,20-21,23,25H,4-7,9,11-14H2,1-3H3/t20-,21-,23+,24-/m1/s1. The molecule has 0 saturated heterocycles. The van der Waals surface area contributed by atoms with E-state index in [2.05, 4.69) is 26.8 Å². The molecule has 0 aromatic heterocycles. The van der Waals surface area contributed by atoms with Crippen LogP contribution in [0.4, 0.5) is 0 Å². The third-order valence-electron chi connectivity index (χ3n) is 7.91. The van der Waals surface area contributed by atoms with Gasteiger partial charge in [0.2, 0.25) is 0 Å². The summed E-state index contributed by atoms with van der Waals surface area (Å²) in [5.41, 5.74) is 6.98. The highest BCUT2D eigenvalue weighted by Crippen LogP contribution is 2.63. The summed E-state index contributed by atoms with van der Waals surface area (Å²) < 4.78 is 0. The SMILES string of the molecule is CCCCC(C)=C1CC[C@H]2[C@@H]3CCc4cc(O)ccc4[C@H]3CC[C@]12C. The lowest BCUT2D eigenvalue weighted by molar-refractivity contribution is 0.0807. The van der Waals surface area contributed by atoms with Gasteiger partial charge in [0.15, 0.2) is 0 Å². The van der Waals surface area contributed by atoms with Crippen molar-refractivity contribution in [3.05, 3.63) is 40.5 Å². The molecule has 0 bridgehead atoms. The van der Waals surface area contributed by atoms with E-state index < -0.39 is 0 Å². The van der Waals surface area contributed by atoms with Crippen LogP contribution in [0, 0.1) is 17.3 Å². The highest BCUT2D eigenvalue weighted by molar-refractivity contribution is 5.41. The zero-order valence-corrected chi connectivity index (χ0v) is 16.3. The Balaban J connectivity index is 1.63. The molecule has 2 fully saturated rings. The second-order valence-electron chi connectivity index (χ2n) is 9.16. The normalized spacial score (nSPS) is 35.7. The molecule has 0 radical (unpaired) electrons. The quantitative estimate of drug-likeness (QED) is 0.604. The van der Waals surface area contributed by atoms with Crippen LogP contribution < -0.4 is 0 Å². The van der Waals surface area contributed by atoms with Crippen LogP contribution in [0.1, 0.15) is 89.2 Å². The van der Waals surface area contributed by atoms with Crippen LogP contribution in [0.15, 0.2) is 29.3 Å². The smallest absolute Gasteiger partial charge is 0.115 e. The molecule has 2 saturated carbocycles. The third-order valence-corrected chi connectivity index (χ3v) is 7.91. The van der Waals surface area contributed by atoms with E-state index in [0.29, 0.717) is 11.2 Å². The van der Waals surface area contributed by atoms with Crippen molar-refractivity contribution in [2.24, 2.45) is 17.3 Å². The number of phenols is 1. The predicted octanol–water partition coefficient (Wildman–Crippen LogP) is 6.76. The maximum atomic E-state index is 9.84. The Kier molecular flexibility index (Phi) is 4.46. The van der Waals surface area contributed by atoms with Crippen molar-refractivity contribution in [2.45, 2.75) is 84.5 Å². The topological polar surface area (TPSA) is 20.2 Å². The first kappa shape index (κ1) is 17.2.